The number of oxime groups is 1. The summed E-state index contributed by atoms with van der Waals surface area (Å²) in [7, 11) is 0. The fourth-order valence-corrected chi connectivity index (χ4v) is 2.30. The van der Waals surface area contributed by atoms with Gasteiger partial charge in [-0.25, -0.2) is 0 Å². The molecule has 0 unspecified atom stereocenters. The zero-order valence-corrected chi connectivity index (χ0v) is 14.2. The van der Waals surface area contributed by atoms with E-state index in [1.807, 2.05) is 25.1 Å². The Labute approximate surface area is 142 Å². The van der Waals surface area contributed by atoms with E-state index >= 15 is 0 Å². The van der Waals surface area contributed by atoms with Crippen molar-refractivity contribution in [3.05, 3.63) is 63.1 Å². The first-order valence-corrected chi connectivity index (χ1v) is 7.68. The van der Waals surface area contributed by atoms with Crippen molar-refractivity contribution in [3.63, 3.8) is 0 Å². The summed E-state index contributed by atoms with van der Waals surface area (Å²) in [4.78, 5) is 16.7. The second-order valence-corrected chi connectivity index (χ2v) is 5.92. The Balaban J connectivity index is 1.81. The van der Waals surface area contributed by atoms with Crippen molar-refractivity contribution in [2.75, 3.05) is 11.9 Å². The summed E-state index contributed by atoms with van der Waals surface area (Å²) in [6.45, 7) is 1.76. The van der Waals surface area contributed by atoms with E-state index in [4.69, 9.17) is 16.4 Å². The van der Waals surface area contributed by atoms with Crippen molar-refractivity contribution in [3.8, 4) is 0 Å². The molecule has 0 bridgehead atoms. The second kappa shape index (κ2) is 7.96. The lowest BCUT2D eigenvalue weighted by atomic mass is 10.2. The molecule has 0 atom stereocenters. The number of rotatable bonds is 5. The molecule has 0 aromatic heterocycles. The average Bonchev–Trinajstić information content (AvgIpc) is 2.48. The van der Waals surface area contributed by atoms with E-state index in [1.165, 1.54) is 6.21 Å². The number of amides is 1. The number of nitrogens with zero attached hydrogens (tertiary/aromatic N) is 1. The molecule has 0 heterocycles. The van der Waals surface area contributed by atoms with E-state index < -0.39 is 0 Å². The maximum absolute atomic E-state index is 11.8. The van der Waals surface area contributed by atoms with E-state index in [0.29, 0.717) is 5.02 Å². The Morgan fingerprint density at radius 2 is 2.05 bits per heavy atom. The van der Waals surface area contributed by atoms with Gasteiger partial charge in [-0.15, -0.1) is 0 Å². The van der Waals surface area contributed by atoms with Gasteiger partial charge >= 0.3 is 0 Å². The molecule has 0 saturated carbocycles. The van der Waals surface area contributed by atoms with Crippen molar-refractivity contribution in [2.24, 2.45) is 5.16 Å². The Morgan fingerprint density at radius 1 is 1.32 bits per heavy atom. The highest BCUT2D eigenvalue weighted by Gasteiger charge is 2.05. The molecule has 2 rings (SSSR count). The molecule has 0 aliphatic rings. The third-order valence-corrected chi connectivity index (χ3v) is 3.55. The van der Waals surface area contributed by atoms with Gasteiger partial charge in [0.1, 0.15) is 0 Å². The van der Waals surface area contributed by atoms with E-state index in [9.17, 15) is 4.79 Å². The first kappa shape index (κ1) is 16.5. The summed E-state index contributed by atoms with van der Waals surface area (Å²) >= 11 is 9.16. The monoisotopic (exact) mass is 380 g/mol. The summed E-state index contributed by atoms with van der Waals surface area (Å²) in [5.41, 5.74) is 2.56. The van der Waals surface area contributed by atoms with Crippen LogP contribution in [0.2, 0.25) is 5.02 Å². The lowest BCUT2D eigenvalue weighted by Crippen LogP contribution is -2.17. The predicted octanol–water partition coefficient (Wildman–Crippen LogP) is 4.40. The fraction of sp³-hybridized carbons (Fsp3) is 0.125. The number of halogens is 2. The van der Waals surface area contributed by atoms with Gasteiger partial charge < -0.3 is 10.2 Å². The van der Waals surface area contributed by atoms with Crippen molar-refractivity contribution in [2.45, 2.75) is 6.92 Å². The van der Waals surface area contributed by atoms with Crippen LogP contribution in [0.5, 0.6) is 0 Å². The van der Waals surface area contributed by atoms with Gasteiger partial charge in [0.05, 0.1) is 6.21 Å². The molecule has 114 valence electrons. The molecule has 0 saturated heterocycles. The van der Waals surface area contributed by atoms with Crippen LogP contribution in [-0.2, 0) is 9.63 Å². The molecular formula is C16H14BrClN2O2. The maximum Gasteiger partial charge on any atom is 0.265 e. The first-order chi connectivity index (χ1) is 10.5. The molecule has 2 aromatic rings. The number of anilines is 1. The van der Waals surface area contributed by atoms with Crippen LogP contribution >= 0.6 is 27.5 Å². The molecule has 0 radical (unpaired) electrons. The molecule has 0 aliphatic heterocycles. The number of aryl methyl sites for hydroxylation is 1. The van der Waals surface area contributed by atoms with Gasteiger partial charge in [0.2, 0.25) is 0 Å². The molecular weight excluding hydrogens is 368 g/mol. The Morgan fingerprint density at radius 3 is 2.73 bits per heavy atom. The second-order valence-electron chi connectivity index (χ2n) is 4.57. The quantitative estimate of drug-likeness (QED) is 0.616. The number of hydrogen-bond donors (Lipinski definition) is 1. The summed E-state index contributed by atoms with van der Waals surface area (Å²) < 4.78 is 0.965. The van der Waals surface area contributed by atoms with E-state index in [1.54, 1.807) is 24.3 Å². The minimum atomic E-state index is -0.265. The number of carbonyl (C=O) groups is 1. The van der Waals surface area contributed by atoms with Crippen molar-refractivity contribution >= 4 is 45.3 Å². The number of hydrogen-bond acceptors (Lipinski definition) is 3. The molecule has 0 fully saturated rings. The third-order valence-electron chi connectivity index (χ3n) is 2.80. The molecule has 2 aromatic carbocycles. The van der Waals surface area contributed by atoms with Crippen molar-refractivity contribution in [1.82, 2.24) is 0 Å². The Hall–Kier alpha value is -1.85. The van der Waals surface area contributed by atoms with Crippen LogP contribution in [-0.4, -0.2) is 18.7 Å². The van der Waals surface area contributed by atoms with E-state index in [0.717, 1.165) is 21.3 Å². The van der Waals surface area contributed by atoms with Crippen LogP contribution in [0.15, 0.2) is 52.1 Å². The minimum absolute atomic E-state index is 0.153. The zero-order valence-electron chi connectivity index (χ0n) is 11.8. The minimum Gasteiger partial charge on any atom is -0.386 e. The van der Waals surface area contributed by atoms with Gasteiger partial charge in [0, 0.05) is 15.2 Å². The molecule has 6 heteroatoms. The smallest absolute Gasteiger partial charge is 0.265 e. The van der Waals surface area contributed by atoms with Gasteiger partial charge in [0.25, 0.3) is 5.91 Å². The zero-order chi connectivity index (χ0) is 15.9. The standard InChI is InChI=1S/C16H14BrClN2O2/c1-11-8-13(17)4-7-15(11)20-16(21)10-22-19-9-12-2-5-14(18)6-3-12/h2-9H,10H2,1H3,(H,20,21)/b19-9+. The molecule has 1 amide bonds. The summed E-state index contributed by atoms with van der Waals surface area (Å²) in [6, 6.07) is 12.7. The largest absolute Gasteiger partial charge is 0.386 e. The molecule has 0 spiro atoms. The van der Waals surface area contributed by atoms with Crippen molar-refractivity contribution in [1.29, 1.82) is 0 Å². The summed E-state index contributed by atoms with van der Waals surface area (Å²) in [5, 5.41) is 7.18. The van der Waals surface area contributed by atoms with E-state index in [2.05, 4.69) is 26.4 Å². The van der Waals surface area contributed by atoms with Crippen LogP contribution in [0.4, 0.5) is 5.69 Å². The average molecular weight is 382 g/mol. The van der Waals surface area contributed by atoms with Gasteiger partial charge in [-0.05, 0) is 48.4 Å². The molecule has 4 nitrogen and oxygen atoms in total. The van der Waals surface area contributed by atoms with Crippen LogP contribution in [0.1, 0.15) is 11.1 Å². The summed E-state index contributed by atoms with van der Waals surface area (Å²) in [6.07, 6.45) is 1.52. The van der Waals surface area contributed by atoms with Gasteiger partial charge in [-0.1, -0.05) is 44.8 Å². The molecule has 1 N–H and O–H groups in total. The van der Waals surface area contributed by atoms with Crippen LogP contribution in [0.25, 0.3) is 0 Å². The highest BCUT2D eigenvalue weighted by atomic mass is 79.9. The fourth-order valence-electron chi connectivity index (χ4n) is 1.70. The maximum atomic E-state index is 11.8. The van der Waals surface area contributed by atoms with Gasteiger partial charge in [0.15, 0.2) is 6.61 Å². The predicted molar refractivity (Wildman–Crippen MR) is 92.5 cm³/mol. The van der Waals surface area contributed by atoms with Crippen LogP contribution < -0.4 is 5.32 Å². The lowest BCUT2D eigenvalue weighted by molar-refractivity contribution is -0.120. The number of carbonyl (C=O) groups excluding carboxylic acids is 1. The van der Waals surface area contributed by atoms with Gasteiger partial charge in [-0.3, -0.25) is 4.79 Å². The lowest BCUT2D eigenvalue weighted by Gasteiger charge is -2.07. The number of benzene rings is 2. The first-order valence-electron chi connectivity index (χ1n) is 6.51. The van der Waals surface area contributed by atoms with Gasteiger partial charge in [-0.2, -0.15) is 0 Å². The number of nitrogens with one attached hydrogen (secondary N) is 1. The molecule has 22 heavy (non-hydrogen) atoms. The van der Waals surface area contributed by atoms with Crippen LogP contribution in [0, 0.1) is 6.92 Å². The van der Waals surface area contributed by atoms with E-state index in [-0.39, 0.29) is 12.5 Å². The normalized spacial score (nSPS) is 10.7. The highest BCUT2D eigenvalue weighted by molar-refractivity contribution is 9.10. The Bertz CT molecular complexity index is 687. The van der Waals surface area contributed by atoms with Crippen molar-refractivity contribution < 1.29 is 9.63 Å². The summed E-state index contributed by atoms with van der Waals surface area (Å²) in [5.74, 6) is -0.265. The Kier molecular flexibility index (Phi) is 5.98. The SMILES string of the molecule is Cc1cc(Br)ccc1NC(=O)CO/N=C/c1ccc(Cl)cc1. The topological polar surface area (TPSA) is 50.7 Å². The third kappa shape index (κ3) is 5.16. The van der Waals surface area contributed by atoms with Crippen LogP contribution in [0.3, 0.4) is 0 Å². The molecule has 0 aliphatic carbocycles. The highest BCUT2D eigenvalue weighted by Crippen LogP contribution is 2.19.